The van der Waals surface area contributed by atoms with Gasteiger partial charge in [-0.25, -0.2) is 4.98 Å². The fourth-order valence-corrected chi connectivity index (χ4v) is 3.52. The summed E-state index contributed by atoms with van der Waals surface area (Å²) in [5.41, 5.74) is 0.950. The Morgan fingerprint density at radius 3 is 3.12 bits per heavy atom. The van der Waals surface area contributed by atoms with Crippen LogP contribution in [0.1, 0.15) is 55.6 Å². The first-order valence-corrected chi connectivity index (χ1v) is 7.19. The first kappa shape index (κ1) is 12.6. The van der Waals surface area contributed by atoms with Crippen LogP contribution in [0.3, 0.4) is 0 Å². The van der Waals surface area contributed by atoms with E-state index in [0.29, 0.717) is 12.3 Å². The van der Waals surface area contributed by atoms with Crippen molar-refractivity contribution in [2.24, 2.45) is 5.92 Å². The van der Waals surface area contributed by atoms with Gasteiger partial charge >= 0.3 is 5.97 Å². The number of nitrogens with zero attached hydrogens (tertiary/aromatic N) is 1. The van der Waals surface area contributed by atoms with Crippen LogP contribution < -0.4 is 0 Å². The van der Waals surface area contributed by atoms with E-state index in [-0.39, 0.29) is 6.42 Å². The average Bonchev–Trinajstić information content (AvgIpc) is 2.75. The predicted molar refractivity (Wildman–Crippen MR) is 68.4 cm³/mol. The van der Waals surface area contributed by atoms with Crippen molar-refractivity contribution in [3.63, 3.8) is 0 Å². The lowest BCUT2D eigenvalue weighted by Crippen LogP contribution is -2.11. The zero-order valence-electron chi connectivity index (χ0n) is 10.2. The van der Waals surface area contributed by atoms with E-state index in [2.05, 4.69) is 11.9 Å². The lowest BCUT2D eigenvalue weighted by molar-refractivity contribution is -0.136. The molecule has 0 amide bonds. The van der Waals surface area contributed by atoms with E-state index in [4.69, 9.17) is 5.11 Å². The van der Waals surface area contributed by atoms with Gasteiger partial charge in [0.25, 0.3) is 0 Å². The van der Waals surface area contributed by atoms with E-state index < -0.39 is 5.97 Å². The molecule has 0 spiro atoms. The highest BCUT2D eigenvalue weighted by Crippen LogP contribution is 2.37. The fraction of sp³-hybridized carbons (Fsp3) is 0.692. The SMILES string of the molecule is CC1CCCC(c2nc(CCC(=O)O)cs2)C1. The van der Waals surface area contributed by atoms with Crippen LogP contribution in [0.4, 0.5) is 0 Å². The van der Waals surface area contributed by atoms with Gasteiger partial charge in [-0.3, -0.25) is 4.79 Å². The zero-order chi connectivity index (χ0) is 12.3. The van der Waals surface area contributed by atoms with Gasteiger partial charge in [-0.1, -0.05) is 19.8 Å². The standard InChI is InChI=1S/C13H19NO2S/c1-9-3-2-4-10(7-9)13-14-11(8-17-13)5-6-12(15)16/h8-10H,2-7H2,1H3,(H,15,16). The number of carboxylic acid groups (broad SMARTS) is 1. The van der Waals surface area contributed by atoms with E-state index >= 15 is 0 Å². The monoisotopic (exact) mass is 253 g/mol. The summed E-state index contributed by atoms with van der Waals surface area (Å²) in [6.07, 6.45) is 5.88. The van der Waals surface area contributed by atoms with Gasteiger partial charge in [0.1, 0.15) is 0 Å². The molecule has 1 aliphatic carbocycles. The van der Waals surface area contributed by atoms with Crippen molar-refractivity contribution in [3.05, 3.63) is 16.1 Å². The van der Waals surface area contributed by atoms with E-state index in [1.807, 2.05) is 5.38 Å². The summed E-state index contributed by atoms with van der Waals surface area (Å²) in [4.78, 5) is 15.1. The van der Waals surface area contributed by atoms with Crippen LogP contribution in [-0.4, -0.2) is 16.1 Å². The predicted octanol–water partition coefficient (Wildman–Crippen LogP) is 3.45. The Labute approximate surface area is 106 Å². The van der Waals surface area contributed by atoms with Crippen molar-refractivity contribution in [2.45, 2.75) is 51.4 Å². The maximum atomic E-state index is 10.5. The van der Waals surface area contributed by atoms with E-state index in [0.717, 1.165) is 11.6 Å². The van der Waals surface area contributed by atoms with Crippen LogP contribution in [0, 0.1) is 5.92 Å². The molecule has 1 N–H and O–H groups in total. The first-order chi connectivity index (χ1) is 8.15. The summed E-state index contributed by atoms with van der Waals surface area (Å²) in [5, 5.41) is 11.9. The van der Waals surface area contributed by atoms with Crippen LogP contribution in [0.2, 0.25) is 0 Å². The molecule has 0 bridgehead atoms. The summed E-state index contributed by atoms with van der Waals surface area (Å²) in [6.45, 7) is 2.31. The fourth-order valence-electron chi connectivity index (χ4n) is 2.52. The molecule has 0 aliphatic heterocycles. The molecule has 0 aromatic carbocycles. The molecule has 94 valence electrons. The normalized spacial score (nSPS) is 24.8. The smallest absolute Gasteiger partial charge is 0.303 e. The molecular weight excluding hydrogens is 234 g/mol. The number of aliphatic carboxylic acids is 1. The van der Waals surface area contributed by atoms with Crippen LogP contribution in [0.15, 0.2) is 5.38 Å². The summed E-state index contributed by atoms with van der Waals surface area (Å²) in [6, 6.07) is 0. The highest BCUT2D eigenvalue weighted by Gasteiger charge is 2.22. The maximum absolute atomic E-state index is 10.5. The number of hydrogen-bond acceptors (Lipinski definition) is 3. The van der Waals surface area contributed by atoms with Crippen molar-refractivity contribution in [2.75, 3.05) is 0 Å². The summed E-state index contributed by atoms with van der Waals surface area (Å²) >= 11 is 1.71. The Morgan fingerprint density at radius 2 is 2.41 bits per heavy atom. The van der Waals surface area contributed by atoms with Crippen molar-refractivity contribution in [1.82, 2.24) is 4.98 Å². The third-order valence-corrected chi connectivity index (χ3v) is 4.51. The number of aryl methyl sites for hydroxylation is 1. The summed E-state index contributed by atoms with van der Waals surface area (Å²) in [7, 11) is 0. The molecule has 3 nitrogen and oxygen atoms in total. The zero-order valence-corrected chi connectivity index (χ0v) is 11.0. The van der Waals surface area contributed by atoms with Crippen molar-refractivity contribution in [1.29, 1.82) is 0 Å². The maximum Gasteiger partial charge on any atom is 0.303 e. The largest absolute Gasteiger partial charge is 0.481 e. The van der Waals surface area contributed by atoms with Gasteiger partial charge in [0, 0.05) is 17.7 Å². The molecule has 1 aromatic heterocycles. The molecule has 1 heterocycles. The second-order valence-electron chi connectivity index (χ2n) is 5.04. The van der Waals surface area contributed by atoms with Gasteiger partial charge in [0.2, 0.25) is 0 Å². The lowest BCUT2D eigenvalue weighted by Gasteiger charge is -2.24. The summed E-state index contributed by atoms with van der Waals surface area (Å²) < 4.78 is 0. The molecule has 4 heteroatoms. The van der Waals surface area contributed by atoms with E-state index in [9.17, 15) is 4.79 Å². The van der Waals surface area contributed by atoms with Crippen LogP contribution in [-0.2, 0) is 11.2 Å². The molecule has 1 fully saturated rings. The Hall–Kier alpha value is -0.900. The van der Waals surface area contributed by atoms with Crippen molar-refractivity contribution < 1.29 is 9.90 Å². The van der Waals surface area contributed by atoms with E-state index in [1.165, 1.54) is 30.7 Å². The highest BCUT2D eigenvalue weighted by atomic mass is 32.1. The molecule has 0 radical (unpaired) electrons. The number of hydrogen-bond donors (Lipinski definition) is 1. The van der Waals surface area contributed by atoms with E-state index in [1.54, 1.807) is 11.3 Å². The van der Waals surface area contributed by atoms with Crippen molar-refractivity contribution in [3.8, 4) is 0 Å². The third kappa shape index (κ3) is 3.53. The van der Waals surface area contributed by atoms with Gasteiger partial charge in [-0.05, 0) is 18.8 Å². The van der Waals surface area contributed by atoms with Gasteiger partial charge < -0.3 is 5.11 Å². The van der Waals surface area contributed by atoms with Gasteiger partial charge in [0.15, 0.2) is 0 Å². The quantitative estimate of drug-likeness (QED) is 0.894. The summed E-state index contributed by atoms with van der Waals surface area (Å²) in [5.74, 6) is 0.674. The molecule has 0 saturated heterocycles. The molecule has 17 heavy (non-hydrogen) atoms. The molecule has 1 saturated carbocycles. The number of rotatable bonds is 4. The first-order valence-electron chi connectivity index (χ1n) is 6.31. The Kier molecular flexibility index (Phi) is 4.15. The number of carboxylic acids is 1. The Morgan fingerprint density at radius 1 is 1.59 bits per heavy atom. The molecule has 1 aliphatic rings. The number of thiazole rings is 1. The van der Waals surface area contributed by atoms with Gasteiger partial charge in [-0.2, -0.15) is 0 Å². The molecule has 2 atom stereocenters. The minimum absolute atomic E-state index is 0.185. The second kappa shape index (κ2) is 5.63. The van der Waals surface area contributed by atoms with Crippen LogP contribution >= 0.6 is 11.3 Å². The third-order valence-electron chi connectivity index (χ3n) is 3.45. The molecular formula is C13H19NO2S. The second-order valence-corrected chi connectivity index (χ2v) is 5.93. The van der Waals surface area contributed by atoms with Crippen LogP contribution in [0.5, 0.6) is 0 Å². The average molecular weight is 253 g/mol. The van der Waals surface area contributed by atoms with Gasteiger partial charge in [-0.15, -0.1) is 11.3 Å². The molecule has 2 rings (SSSR count). The van der Waals surface area contributed by atoms with Crippen molar-refractivity contribution >= 4 is 17.3 Å². The Balaban J connectivity index is 1.95. The minimum atomic E-state index is -0.745. The number of aromatic nitrogens is 1. The van der Waals surface area contributed by atoms with Crippen LogP contribution in [0.25, 0.3) is 0 Å². The Bertz CT molecular complexity index is 389. The lowest BCUT2D eigenvalue weighted by atomic mass is 9.83. The molecule has 2 unspecified atom stereocenters. The topological polar surface area (TPSA) is 50.2 Å². The minimum Gasteiger partial charge on any atom is -0.481 e. The molecule has 1 aromatic rings. The number of carbonyl (C=O) groups is 1. The highest BCUT2D eigenvalue weighted by molar-refractivity contribution is 7.09. The van der Waals surface area contributed by atoms with Gasteiger partial charge in [0.05, 0.1) is 17.1 Å².